The van der Waals surface area contributed by atoms with E-state index in [1.165, 1.54) is 32.7 Å². The summed E-state index contributed by atoms with van der Waals surface area (Å²) in [6, 6.07) is 10.1. The Bertz CT molecular complexity index is 530. The summed E-state index contributed by atoms with van der Waals surface area (Å²) in [5.74, 6) is 2.70. The maximum atomic E-state index is 9.68. The van der Waals surface area contributed by atoms with Crippen LogP contribution in [0.5, 0.6) is 5.75 Å². The number of fused-ring (bicyclic) bond motifs is 1. The zero-order valence-corrected chi connectivity index (χ0v) is 11.5. The van der Waals surface area contributed by atoms with Gasteiger partial charge in [0, 0.05) is 16.3 Å². The molecule has 17 heavy (non-hydrogen) atoms. The van der Waals surface area contributed by atoms with E-state index < -0.39 is 0 Å². The number of aryl methyl sites for hydroxylation is 1. The minimum atomic E-state index is 0.296. The number of phenols is 1. The van der Waals surface area contributed by atoms with Gasteiger partial charge >= 0.3 is 0 Å². The Hall–Kier alpha value is -1.15. The highest BCUT2D eigenvalue weighted by Crippen LogP contribution is 2.30. The SMILES string of the molecule is CC[S+](CC)c1ccc(C)c2ccc(O)cc12. The van der Waals surface area contributed by atoms with E-state index in [2.05, 4.69) is 32.9 Å². The van der Waals surface area contributed by atoms with E-state index in [4.69, 9.17) is 0 Å². The largest absolute Gasteiger partial charge is 0.508 e. The zero-order chi connectivity index (χ0) is 12.4. The molecule has 0 aliphatic heterocycles. The normalized spacial score (nSPS) is 11.3. The molecule has 0 radical (unpaired) electrons. The van der Waals surface area contributed by atoms with E-state index in [1.807, 2.05) is 12.1 Å². The summed E-state index contributed by atoms with van der Waals surface area (Å²) in [5, 5.41) is 12.2. The molecule has 1 nitrogen and oxygen atoms in total. The van der Waals surface area contributed by atoms with Gasteiger partial charge in [0.2, 0.25) is 0 Å². The second-order valence-corrected chi connectivity index (χ2v) is 6.76. The Balaban J connectivity index is 2.71. The van der Waals surface area contributed by atoms with Crippen molar-refractivity contribution in [1.82, 2.24) is 0 Å². The second-order valence-electron chi connectivity index (χ2n) is 4.18. The smallest absolute Gasteiger partial charge is 0.162 e. The molecule has 0 spiro atoms. The number of aromatic hydroxyl groups is 1. The van der Waals surface area contributed by atoms with Crippen molar-refractivity contribution in [3.8, 4) is 5.75 Å². The molecule has 0 amide bonds. The first-order valence-corrected chi connectivity index (χ1v) is 7.63. The first-order valence-electron chi connectivity index (χ1n) is 6.07. The van der Waals surface area contributed by atoms with E-state index in [1.54, 1.807) is 6.07 Å². The van der Waals surface area contributed by atoms with Gasteiger partial charge in [-0.05, 0) is 49.9 Å². The summed E-state index contributed by atoms with van der Waals surface area (Å²) in [4.78, 5) is 1.39. The van der Waals surface area contributed by atoms with Gasteiger partial charge in [-0.3, -0.25) is 0 Å². The van der Waals surface area contributed by atoms with Crippen molar-refractivity contribution in [2.45, 2.75) is 25.7 Å². The molecule has 0 fully saturated rings. The van der Waals surface area contributed by atoms with Gasteiger partial charge in [-0.15, -0.1) is 0 Å². The highest BCUT2D eigenvalue weighted by atomic mass is 32.2. The summed E-state index contributed by atoms with van der Waals surface area (Å²) in [7, 11) is 0.296. The van der Waals surface area contributed by atoms with Crippen LogP contribution in [0.2, 0.25) is 0 Å². The van der Waals surface area contributed by atoms with Crippen LogP contribution in [0.1, 0.15) is 19.4 Å². The Kier molecular flexibility index (Phi) is 3.63. The molecule has 0 aliphatic carbocycles. The van der Waals surface area contributed by atoms with E-state index in [0.29, 0.717) is 16.6 Å². The van der Waals surface area contributed by atoms with Crippen LogP contribution in [-0.4, -0.2) is 16.6 Å². The van der Waals surface area contributed by atoms with Crippen LogP contribution in [0.4, 0.5) is 0 Å². The van der Waals surface area contributed by atoms with Crippen molar-refractivity contribution >= 4 is 21.7 Å². The molecule has 2 aromatic carbocycles. The summed E-state index contributed by atoms with van der Waals surface area (Å²) in [5.41, 5.74) is 1.28. The third-order valence-corrected chi connectivity index (χ3v) is 5.56. The number of hydrogen-bond acceptors (Lipinski definition) is 1. The average molecular weight is 247 g/mol. The Morgan fingerprint density at radius 2 is 1.71 bits per heavy atom. The summed E-state index contributed by atoms with van der Waals surface area (Å²) >= 11 is 0. The lowest BCUT2D eigenvalue weighted by molar-refractivity contribution is 0.476. The molecule has 0 aliphatic rings. The van der Waals surface area contributed by atoms with E-state index in [-0.39, 0.29) is 0 Å². The lowest BCUT2D eigenvalue weighted by atomic mass is 10.1. The number of benzene rings is 2. The quantitative estimate of drug-likeness (QED) is 0.816. The molecular formula is C15H19OS+. The van der Waals surface area contributed by atoms with Crippen LogP contribution >= 0.6 is 0 Å². The molecule has 2 heteroatoms. The third-order valence-electron chi connectivity index (χ3n) is 3.19. The molecule has 0 atom stereocenters. The van der Waals surface area contributed by atoms with Gasteiger partial charge in [-0.25, -0.2) is 0 Å². The molecule has 2 rings (SSSR count). The fourth-order valence-electron chi connectivity index (χ4n) is 2.23. The maximum absolute atomic E-state index is 9.68. The minimum absolute atomic E-state index is 0.296. The molecule has 0 heterocycles. The molecule has 0 aromatic heterocycles. The van der Waals surface area contributed by atoms with E-state index in [0.717, 1.165) is 0 Å². The predicted octanol–water partition coefficient (Wildman–Crippen LogP) is 3.87. The molecule has 0 unspecified atom stereocenters. The van der Waals surface area contributed by atoms with E-state index in [9.17, 15) is 5.11 Å². The molecule has 0 saturated carbocycles. The van der Waals surface area contributed by atoms with Gasteiger partial charge in [0.15, 0.2) is 4.90 Å². The Morgan fingerprint density at radius 3 is 2.35 bits per heavy atom. The van der Waals surface area contributed by atoms with Gasteiger partial charge in [-0.2, -0.15) is 0 Å². The van der Waals surface area contributed by atoms with Crippen LogP contribution in [0, 0.1) is 6.92 Å². The van der Waals surface area contributed by atoms with Gasteiger partial charge < -0.3 is 5.11 Å². The monoisotopic (exact) mass is 247 g/mol. The lowest BCUT2D eigenvalue weighted by Gasteiger charge is -2.09. The molecule has 0 bridgehead atoms. The van der Waals surface area contributed by atoms with Crippen molar-refractivity contribution in [1.29, 1.82) is 0 Å². The van der Waals surface area contributed by atoms with Crippen molar-refractivity contribution in [2.75, 3.05) is 11.5 Å². The fourth-order valence-corrected chi connectivity index (χ4v) is 4.00. The molecule has 2 aromatic rings. The Morgan fingerprint density at radius 1 is 1.00 bits per heavy atom. The van der Waals surface area contributed by atoms with Gasteiger partial charge in [-0.1, -0.05) is 12.1 Å². The van der Waals surface area contributed by atoms with Crippen molar-refractivity contribution in [2.24, 2.45) is 0 Å². The lowest BCUT2D eigenvalue weighted by Crippen LogP contribution is -2.08. The highest BCUT2D eigenvalue weighted by Gasteiger charge is 2.20. The Labute approximate surface area is 106 Å². The average Bonchev–Trinajstić information content (AvgIpc) is 2.33. The number of phenolic OH excluding ortho intramolecular Hbond substituents is 1. The molecular weight excluding hydrogens is 228 g/mol. The van der Waals surface area contributed by atoms with Crippen LogP contribution < -0.4 is 0 Å². The first kappa shape index (κ1) is 12.3. The van der Waals surface area contributed by atoms with Crippen molar-refractivity contribution in [3.05, 3.63) is 35.9 Å². The first-order chi connectivity index (χ1) is 8.17. The molecule has 1 N–H and O–H groups in total. The maximum Gasteiger partial charge on any atom is 0.162 e. The zero-order valence-electron chi connectivity index (χ0n) is 10.7. The summed E-state index contributed by atoms with van der Waals surface area (Å²) < 4.78 is 0. The third kappa shape index (κ3) is 2.27. The number of hydrogen-bond donors (Lipinski definition) is 1. The second kappa shape index (κ2) is 5.01. The van der Waals surface area contributed by atoms with Crippen LogP contribution in [0.3, 0.4) is 0 Å². The van der Waals surface area contributed by atoms with Gasteiger partial charge in [0.05, 0.1) is 0 Å². The standard InChI is InChI=1S/C15H18OS/c1-4-17(5-2)15-9-6-11(3)13-8-7-12(16)10-14(13)15/h6-10H,4-5H2,1-3H3/p+1. The van der Waals surface area contributed by atoms with Crippen LogP contribution in [0.15, 0.2) is 35.2 Å². The molecule has 90 valence electrons. The molecule has 0 saturated heterocycles. The minimum Gasteiger partial charge on any atom is -0.508 e. The van der Waals surface area contributed by atoms with Gasteiger partial charge in [0.25, 0.3) is 0 Å². The van der Waals surface area contributed by atoms with Crippen LogP contribution in [-0.2, 0) is 10.9 Å². The van der Waals surface area contributed by atoms with Crippen LogP contribution in [0.25, 0.3) is 10.8 Å². The summed E-state index contributed by atoms with van der Waals surface area (Å²) in [6.45, 7) is 6.60. The topological polar surface area (TPSA) is 20.2 Å². The summed E-state index contributed by atoms with van der Waals surface area (Å²) in [6.07, 6.45) is 0. The van der Waals surface area contributed by atoms with Crippen molar-refractivity contribution in [3.63, 3.8) is 0 Å². The number of rotatable bonds is 3. The highest BCUT2D eigenvalue weighted by molar-refractivity contribution is 7.97. The van der Waals surface area contributed by atoms with Gasteiger partial charge in [0.1, 0.15) is 17.3 Å². The predicted molar refractivity (Wildman–Crippen MR) is 77.1 cm³/mol. The van der Waals surface area contributed by atoms with E-state index >= 15 is 0 Å². The van der Waals surface area contributed by atoms with Crippen molar-refractivity contribution < 1.29 is 5.11 Å². The fraction of sp³-hybridized carbons (Fsp3) is 0.333.